The van der Waals surface area contributed by atoms with Crippen molar-refractivity contribution in [1.29, 1.82) is 0 Å². The zero-order chi connectivity index (χ0) is 17.9. The summed E-state index contributed by atoms with van der Waals surface area (Å²) >= 11 is 0. The van der Waals surface area contributed by atoms with E-state index in [-0.39, 0.29) is 5.82 Å². The summed E-state index contributed by atoms with van der Waals surface area (Å²) in [5.74, 6) is 2.16. The molecule has 1 aliphatic heterocycles. The van der Waals surface area contributed by atoms with Gasteiger partial charge in [-0.15, -0.1) is 0 Å². The molecule has 0 aliphatic carbocycles. The van der Waals surface area contributed by atoms with Gasteiger partial charge in [-0.2, -0.15) is 4.98 Å². The molecule has 0 bridgehead atoms. The molecular formula is C20H20FN3O2. The van der Waals surface area contributed by atoms with Crippen LogP contribution in [-0.2, 0) is 6.54 Å². The van der Waals surface area contributed by atoms with Gasteiger partial charge in [-0.05, 0) is 48.9 Å². The quantitative estimate of drug-likeness (QED) is 0.697. The fraction of sp³-hybridized carbons (Fsp3) is 0.300. The second-order valence-corrected chi connectivity index (χ2v) is 6.48. The van der Waals surface area contributed by atoms with Gasteiger partial charge in [-0.1, -0.05) is 23.4 Å². The molecule has 1 fully saturated rings. The highest BCUT2D eigenvalue weighted by Gasteiger charge is 2.27. The maximum absolute atomic E-state index is 13.0. The van der Waals surface area contributed by atoms with Crippen molar-refractivity contribution in [3.05, 3.63) is 65.8 Å². The van der Waals surface area contributed by atoms with Crippen LogP contribution in [0.3, 0.4) is 0 Å². The second kappa shape index (κ2) is 7.25. The highest BCUT2D eigenvalue weighted by molar-refractivity contribution is 5.53. The molecule has 4 rings (SSSR count). The average Bonchev–Trinajstić information content (AvgIpc) is 3.32. The SMILES string of the molecule is COc1ccccc1C1CCN(Cc2nc(-c3ccc(F)cc3)no2)C1. The van der Waals surface area contributed by atoms with Crippen LogP contribution in [0.15, 0.2) is 53.1 Å². The van der Waals surface area contributed by atoms with E-state index in [1.807, 2.05) is 18.2 Å². The molecule has 0 radical (unpaired) electrons. The summed E-state index contributed by atoms with van der Waals surface area (Å²) in [4.78, 5) is 6.74. The van der Waals surface area contributed by atoms with Gasteiger partial charge in [0.15, 0.2) is 0 Å². The van der Waals surface area contributed by atoms with E-state index in [0.717, 1.165) is 30.8 Å². The number of rotatable bonds is 5. The lowest BCUT2D eigenvalue weighted by molar-refractivity contribution is 0.265. The van der Waals surface area contributed by atoms with Gasteiger partial charge >= 0.3 is 0 Å². The van der Waals surface area contributed by atoms with E-state index in [1.54, 1.807) is 19.2 Å². The van der Waals surface area contributed by atoms with Crippen molar-refractivity contribution < 1.29 is 13.7 Å². The third-order valence-corrected chi connectivity index (χ3v) is 4.78. The smallest absolute Gasteiger partial charge is 0.241 e. The highest BCUT2D eigenvalue weighted by atomic mass is 19.1. The van der Waals surface area contributed by atoms with Crippen LogP contribution in [0.1, 0.15) is 23.8 Å². The predicted octanol–water partition coefficient (Wildman–Crippen LogP) is 3.87. The molecule has 0 spiro atoms. The molecule has 0 amide bonds. The van der Waals surface area contributed by atoms with Crippen molar-refractivity contribution in [3.63, 3.8) is 0 Å². The number of para-hydroxylation sites is 1. The summed E-state index contributed by atoms with van der Waals surface area (Å²) in [5.41, 5.74) is 1.99. The predicted molar refractivity (Wildman–Crippen MR) is 95.3 cm³/mol. The highest BCUT2D eigenvalue weighted by Crippen LogP contribution is 2.33. The summed E-state index contributed by atoms with van der Waals surface area (Å²) in [6.45, 7) is 2.51. The van der Waals surface area contributed by atoms with Gasteiger partial charge in [0.05, 0.1) is 13.7 Å². The zero-order valence-electron chi connectivity index (χ0n) is 14.6. The summed E-state index contributed by atoms with van der Waals surface area (Å²) < 4.78 is 23.9. The number of hydrogen-bond donors (Lipinski definition) is 0. The Morgan fingerprint density at radius 3 is 2.81 bits per heavy atom. The minimum Gasteiger partial charge on any atom is -0.496 e. The number of ether oxygens (including phenoxy) is 1. The van der Waals surface area contributed by atoms with E-state index < -0.39 is 0 Å². The summed E-state index contributed by atoms with van der Waals surface area (Å²) in [7, 11) is 1.71. The molecule has 26 heavy (non-hydrogen) atoms. The fourth-order valence-electron chi connectivity index (χ4n) is 3.46. The standard InChI is InChI=1S/C20H20FN3O2/c1-25-18-5-3-2-4-17(18)15-10-11-24(12-15)13-19-22-20(23-26-19)14-6-8-16(21)9-7-14/h2-9,15H,10-13H2,1H3. The largest absolute Gasteiger partial charge is 0.496 e. The van der Waals surface area contributed by atoms with Crippen LogP contribution in [0.25, 0.3) is 11.4 Å². The van der Waals surface area contributed by atoms with Gasteiger partial charge in [-0.25, -0.2) is 4.39 Å². The van der Waals surface area contributed by atoms with E-state index in [1.165, 1.54) is 17.7 Å². The maximum atomic E-state index is 13.0. The molecule has 1 atom stereocenters. The number of nitrogens with zero attached hydrogens (tertiary/aromatic N) is 3. The van der Waals surface area contributed by atoms with E-state index in [9.17, 15) is 4.39 Å². The first-order valence-corrected chi connectivity index (χ1v) is 8.66. The molecule has 3 aromatic rings. The Bertz CT molecular complexity index is 879. The first kappa shape index (κ1) is 16.7. The van der Waals surface area contributed by atoms with E-state index in [4.69, 9.17) is 9.26 Å². The molecule has 5 nitrogen and oxygen atoms in total. The summed E-state index contributed by atoms with van der Waals surface area (Å²) in [6.07, 6.45) is 1.07. The van der Waals surface area contributed by atoms with Gasteiger partial charge in [0.1, 0.15) is 11.6 Å². The lowest BCUT2D eigenvalue weighted by Crippen LogP contribution is -2.20. The monoisotopic (exact) mass is 353 g/mol. The van der Waals surface area contributed by atoms with Crippen molar-refractivity contribution in [3.8, 4) is 17.1 Å². The topological polar surface area (TPSA) is 51.4 Å². The Balaban J connectivity index is 1.42. The molecule has 2 heterocycles. The van der Waals surface area contributed by atoms with Crippen molar-refractivity contribution in [2.24, 2.45) is 0 Å². The zero-order valence-corrected chi connectivity index (χ0v) is 14.6. The van der Waals surface area contributed by atoms with Crippen LogP contribution in [-0.4, -0.2) is 35.2 Å². The Labute approximate surface area is 151 Å². The molecule has 2 aromatic carbocycles. The summed E-state index contributed by atoms with van der Waals surface area (Å²) in [5, 5.41) is 4.01. The van der Waals surface area contributed by atoms with Crippen molar-refractivity contribution >= 4 is 0 Å². The van der Waals surface area contributed by atoms with Crippen molar-refractivity contribution in [1.82, 2.24) is 15.0 Å². The molecule has 1 unspecified atom stereocenters. The Morgan fingerprint density at radius 1 is 1.19 bits per heavy atom. The fourth-order valence-corrected chi connectivity index (χ4v) is 3.46. The van der Waals surface area contributed by atoms with E-state index in [2.05, 4.69) is 21.1 Å². The Morgan fingerprint density at radius 2 is 2.00 bits per heavy atom. The lowest BCUT2D eigenvalue weighted by atomic mass is 9.97. The number of methoxy groups -OCH3 is 1. The van der Waals surface area contributed by atoms with E-state index in [0.29, 0.717) is 24.2 Å². The van der Waals surface area contributed by atoms with Crippen LogP contribution in [0, 0.1) is 5.82 Å². The normalized spacial score (nSPS) is 17.5. The number of aromatic nitrogens is 2. The van der Waals surface area contributed by atoms with Crippen LogP contribution < -0.4 is 4.74 Å². The Hall–Kier alpha value is -2.73. The van der Waals surface area contributed by atoms with E-state index >= 15 is 0 Å². The molecule has 6 heteroatoms. The molecule has 1 saturated heterocycles. The van der Waals surface area contributed by atoms with Gasteiger partial charge in [-0.3, -0.25) is 4.90 Å². The molecule has 1 aromatic heterocycles. The lowest BCUT2D eigenvalue weighted by Gasteiger charge is -2.16. The van der Waals surface area contributed by atoms with Crippen LogP contribution in [0.4, 0.5) is 4.39 Å². The number of halogens is 1. The molecule has 0 N–H and O–H groups in total. The van der Waals surface area contributed by atoms with Gasteiger partial charge in [0, 0.05) is 18.0 Å². The molecule has 0 saturated carbocycles. The third kappa shape index (κ3) is 3.46. The first-order valence-electron chi connectivity index (χ1n) is 8.66. The van der Waals surface area contributed by atoms with Crippen molar-refractivity contribution in [2.75, 3.05) is 20.2 Å². The summed E-state index contributed by atoms with van der Waals surface area (Å²) in [6, 6.07) is 14.3. The van der Waals surface area contributed by atoms with Gasteiger partial charge < -0.3 is 9.26 Å². The second-order valence-electron chi connectivity index (χ2n) is 6.48. The minimum atomic E-state index is -0.281. The maximum Gasteiger partial charge on any atom is 0.241 e. The minimum absolute atomic E-state index is 0.281. The van der Waals surface area contributed by atoms with Crippen LogP contribution in [0.5, 0.6) is 5.75 Å². The van der Waals surface area contributed by atoms with Crippen molar-refractivity contribution in [2.45, 2.75) is 18.9 Å². The van der Waals surface area contributed by atoms with Crippen LogP contribution >= 0.6 is 0 Å². The van der Waals surface area contributed by atoms with Gasteiger partial charge in [0.25, 0.3) is 0 Å². The first-order chi connectivity index (χ1) is 12.7. The van der Waals surface area contributed by atoms with Crippen LogP contribution in [0.2, 0.25) is 0 Å². The average molecular weight is 353 g/mol. The number of hydrogen-bond acceptors (Lipinski definition) is 5. The molecule has 1 aliphatic rings. The Kier molecular flexibility index (Phi) is 4.67. The third-order valence-electron chi connectivity index (χ3n) is 4.78. The number of likely N-dealkylation sites (tertiary alicyclic amines) is 1. The van der Waals surface area contributed by atoms with Gasteiger partial charge in [0.2, 0.25) is 11.7 Å². The number of benzene rings is 2. The molecular weight excluding hydrogens is 333 g/mol. The molecule has 134 valence electrons.